The second kappa shape index (κ2) is 8.38. The average molecular weight is 366 g/mol. The lowest BCUT2D eigenvalue weighted by molar-refractivity contribution is -0.148. The van der Waals surface area contributed by atoms with Gasteiger partial charge in [-0.05, 0) is 43.0 Å². The Balaban J connectivity index is 1.83. The van der Waals surface area contributed by atoms with E-state index in [-0.39, 0.29) is 11.8 Å². The van der Waals surface area contributed by atoms with Gasteiger partial charge < -0.3 is 9.47 Å². The molecule has 0 unspecified atom stereocenters. The second-order valence-corrected chi connectivity index (χ2v) is 7.26. The predicted molar refractivity (Wildman–Crippen MR) is 104 cm³/mol. The minimum atomic E-state index is -0.611. The lowest BCUT2D eigenvalue weighted by Crippen LogP contribution is -2.30. The summed E-state index contributed by atoms with van der Waals surface area (Å²) in [7, 11) is 1.25. The Labute approximate surface area is 160 Å². The first kappa shape index (κ1) is 19.2. The zero-order valence-corrected chi connectivity index (χ0v) is 16.0. The molecular weight excluding hydrogens is 340 g/mol. The van der Waals surface area contributed by atoms with Gasteiger partial charge >= 0.3 is 11.9 Å². The summed E-state index contributed by atoms with van der Waals surface area (Å²) in [6.07, 6.45) is 5.56. The minimum absolute atomic E-state index is 0.0144. The first-order chi connectivity index (χ1) is 13.0. The van der Waals surface area contributed by atoms with Crippen LogP contribution in [-0.4, -0.2) is 19.0 Å². The minimum Gasteiger partial charge on any atom is -0.469 e. The molecule has 4 heteroatoms. The fourth-order valence-electron chi connectivity index (χ4n) is 3.97. The molecule has 0 bridgehead atoms. The number of rotatable bonds is 5. The molecule has 0 atom stereocenters. The Hall–Kier alpha value is -2.62. The van der Waals surface area contributed by atoms with Crippen LogP contribution < -0.4 is 4.74 Å². The van der Waals surface area contributed by atoms with Crippen molar-refractivity contribution in [1.29, 1.82) is 0 Å². The molecule has 0 amide bonds. The molecule has 4 nitrogen and oxygen atoms in total. The van der Waals surface area contributed by atoms with E-state index in [2.05, 4.69) is 35.9 Å². The Bertz CT molecular complexity index is 784. The van der Waals surface area contributed by atoms with Crippen LogP contribution in [0.15, 0.2) is 48.5 Å². The monoisotopic (exact) mass is 366 g/mol. The summed E-state index contributed by atoms with van der Waals surface area (Å²) < 4.78 is 9.73. The highest BCUT2D eigenvalue weighted by molar-refractivity contribution is 5.92. The van der Waals surface area contributed by atoms with Crippen molar-refractivity contribution < 1.29 is 19.1 Å². The third kappa shape index (κ3) is 4.38. The highest BCUT2D eigenvalue weighted by Crippen LogP contribution is 2.45. The number of carbonyl (C=O) groups is 2. The van der Waals surface area contributed by atoms with Crippen LogP contribution >= 0.6 is 0 Å². The molecule has 1 fully saturated rings. The van der Waals surface area contributed by atoms with Gasteiger partial charge in [-0.3, -0.25) is 9.59 Å². The molecule has 3 rings (SSSR count). The quantitative estimate of drug-likeness (QED) is 0.437. The first-order valence-corrected chi connectivity index (χ1v) is 9.49. The molecule has 0 aromatic heterocycles. The maximum absolute atomic E-state index is 11.8. The smallest absolute Gasteiger partial charge is 0.322 e. The van der Waals surface area contributed by atoms with Gasteiger partial charge in [0.2, 0.25) is 0 Å². The van der Waals surface area contributed by atoms with Gasteiger partial charge in [-0.2, -0.15) is 0 Å². The summed E-state index contributed by atoms with van der Waals surface area (Å²) in [5.41, 5.74) is 3.88. The topological polar surface area (TPSA) is 52.6 Å². The van der Waals surface area contributed by atoms with Gasteiger partial charge in [0.15, 0.2) is 0 Å². The molecule has 2 aromatic carbocycles. The summed E-state index contributed by atoms with van der Waals surface area (Å²) in [6.45, 7) is 2.11. The molecule has 142 valence electrons. The molecule has 0 aliphatic heterocycles. The maximum atomic E-state index is 11.8. The van der Waals surface area contributed by atoms with Gasteiger partial charge in [-0.15, -0.1) is 0 Å². The van der Waals surface area contributed by atoms with Gasteiger partial charge in [0, 0.05) is 5.41 Å². The maximum Gasteiger partial charge on any atom is 0.322 e. The predicted octanol–water partition coefficient (Wildman–Crippen LogP) is 4.71. The molecule has 0 heterocycles. The van der Waals surface area contributed by atoms with Gasteiger partial charge in [-0.1, -0.05) is 61.2 Å². The molecule has 0 saturated heterocycles. The molecule has 0 radical (unpaired) electrons. The number of esters is 2. The lowest BCUT2D eigenvalue weighted by Gasteiger charge is -2.38. The first-order valence-electron chi connectivity index (χ1n) is 9.49. The number of ether oxygens (including phenoxy) is 2. The molecule has 1 saturated carbocycles. The van der Waals surface area contributed by atoms with E-state index in [1.165, 1.54) is 43.1 Å². The molecular formula is C23H26O4. The van der Waals surface area contributed by atoms with Crippen molar-refractivity contribution in [3.8, 4) is 5.75 Å². The molecule has 0 spiro atoms. The highest BCUT2D eigenvalue weighted by Gasteiger charge is 2.35. The van der Waals surface area contributed by atoms with Crippen molar-refractivity contribution in [1.82, 2.24) is 0 Å². The molecule has 2 aromatic rings. The Kier molecular flexibility index (Phi) is 5.94. The van der Waals surface area contributed by atoms with E-state index in [9.17, 15) is 9.59 Å². The second-order valence-electron chi connectivity index (χ2n) is 7.26. The summed E-state index contributed by atoms with van der Waals surface area (Å²) in [6, 6.07) is 16.6. The van der Waals surface area contributed by atoms with Crippen molar-refractivity contribution in [3.05, 3.63) is 65.2 Å². The normalized spacial score (nSPS) is 15.8. The van der Waals surface area contributed by atoms with E-state index >= 15 is 0 Å². The summed E-state index contributed by atoms with van der Waals surface area (Å²) >= 11 is 0. The van der Waals surface area contributed by atoms with E-state index in [0.29, 0.717) is 5.75 Å². The van der Waals surface area contributed by atoms with Gasteiger partial charge in [0.05, 0.1) is 7.11 Å². The molecule has 1 aliphatic carbocycles. The average Bonchev–Trinajstić information content (AvgIpc) is 2.69. The number of methoxy groups -OCH3 is 1. The third-order valence-electron chi connectivity index (χ3n) is 5.47. The van der Waals surface area contributed by atoms with E-state index in [1.54, 1.807) is 0 Å². The number of carbonyl (C=O) groups excluding carboxylic acids is 2. The van der Waals surface area contributed by atoms with E-state index in [0.717, 1.165) is 12.8 Å². The van der Waals surface area contributed by atoms with E-state index in [1.807, 2.05) is 24.3 Å². The van der Waals surface area contributed by atoms with Gasteiger partial charge in [-0.25, -0.2) is 0 Å². The van der Waals surface area contributed by atoms with Crippen LogP contribution in [0.4, 0.5) is 0 Å². The Morgan fingerprint density at radius 3 is 1.96 bits per heavy atom. The summed E-state index contributed by atoms with van der Waals surface area (Å²) in [5, 5.41) is 0. The van der Waals surface area contributed by atoms with Crippen molar-refractivity contribution in [3.63, 3.8) is 0 Å². The zero-order valence-electron chi connectivity index (χ0n) is 16.0. The van der Waals surface area contributed by atoms with Gasteiger partial charge in [0.25, 0.3) is 0 Å². The van der Waals surface area contributed by atoms with Crippen molar-refractivity contribution >= 4 is 11.9 Å². The fourth-order valence-corrected chi connectivity index (χ4v) is 3.97. The Morgan fingerprint density at radius 1 is 0.852 bits per heavy atom. The van der Waals surface area contributed by atoms with Crippen LogP contribution in [0.3, 0.4) is 0 Å². The van der Waals surface area contributed by atoms with Crippen molar-refractivity contribution in [2.24, 2.45) is 0 Å². The number of benzene rings is 2. The standard InChI is InChI=1S/C23H26O4/c1-17-6-8-18(9-7-17)23(14-4-3-5-15-23)19-10-12-20(13-11-19)27-22(25)16-21(24)26-2/h6-13H,3-5,14-16H2,1-2H3. The van der Waals surface area contributed by atoms with E-state index in [4.69, 9.17) is 4.74 Å². The molecule has 1 aliphatic rings. The van der Waals surface area contributed by atoms with E-state index < -0.39 is 11.9 Å². The lowest BCUT2D eigenvalue weighted by atomic mass is 9.65. The van der Waals surface area contributed by atoms with Crippen molar-refractivity contribution in [2.75, 3.05) is 7.11 Å². The highest BCUT2D eigenvalue weighted by atomic mass is 16.5. The van der Waals surface area contributed by atoms with Crippen LogP contribution in [0, 0.1) is 6.92 Å². The zero-order chi connectivity index (χ0) is 19.3. The number of hydrogen-bond donors (Lipinski definition) is 0. The largest absolute Gasteiger partial charge is 0.469 e. The summed E-state index contributed by atoms with van der Waals surface area (Å²) in [4.78, 5) is 22.9. The van der Waals surface area contributed by atoms with Crippen LogP contribution in [0.1, 0.15) is 55.2 Å². The SMILES string of the molecule is COC(=O)CC(=O)Oc1ccc(C2(c3ccc(C)cc3)CCCCC2)cc1. The number of aryl methyl sites for hydroxylation is 1. The third-order valence-corrected chi connectivity index (χ3v) is 5.47. The summed E-state index contributed by atoms with van der Waals surface area (Å²) in [5.74, 6) is -0.764. The van der Waals surface area contributed by atoms with Crippen molar-refractivity contribution in [2.45, 2.75) is 50.9 Å². The van der Waals surface area contributed by atoms with Crippen LogP contribution in [0.2, 0.25) is 0 Å². The molecule has 27 heavy (non-hydrogen) atoms. The van der Waals surface area contributed by atoms with Crippen LogP contribution in [0.25, 0.3) is 0 Å². The van der Waals surface area contributed by atoms with Crippen LogP contribution in [-0.2, 0) is 19.7 Å². The fraction of sp³-hybridized carbons (Fsp3) is 0.391. The van der Waals surface area contributed by atoms with Crippen LogP contribution in [0.5, 0.6) is 5.75 Å². The Morgan fingerprint density at radius 2 is 1.41 bits per heavy atom. The van der Waals surface area contributed by atoms with Gasteiger partial charge in [0.1, 0.15) is 12.2 Å². The number of hydrogen-bond acceptors (Lipinski definition) is 4. The molecule has 0 N–H and O–H groups in total.